The standard InChI is InChI=1S/C18H18BrN3O4/c1-3-25-17(23)11-26-16-6-5-14(19)9-13(16)10-15-12(2)21-22(18(15)24)8-4-7-20/h5-6,9-10H,3-4,8,11H2,1-2H3. The summed E-state index contributed by atoms with van der Waals surface area (Å²) in [4.78, 5) is 24.0. The summed E-state index contributed by atoms with van der Waals surface area (Å²) < 4.78 is 11.2. The number of hydrogen-bond donors (Lipinski definition) is 0. The molecule has 0 saturated heterocycles. The zero-order chi connectivity index (χ0) is 19.1. The lowest BCUT2D eigenvalue weighted by Crippen LogP contribution is -2.23. The van der Waals surface area contributed by atoms with Crippen molar-refractivity contribution in [2.75, 3.05) is 19.8 Å². The summed E-state index contributed by atoms with van der Waals surface area (Å²) in [6, 6.07) is 7.26. The number of carbonyl (C=O) groups is 2. The third kappa shape index (κ3) is 4.92. The van der Waals surface area contributed by atoms with Gasteiger partial charge in [0.25, 0.3) is 5.91 Å². The number of hydrazone groups is 1. The van der Waals surface area contributed by atoms with E-state index in [1.54, 1.807) is 38.1 Å². The lowest BCUT2D eigenvalue weighted by molar-refractivity contribution is -0.145. The van der Waals surface area contributed by atoms with Gasteiger partial charge in [-0.15, -0.1) is 0 Å². The molecule has 26 heavy (non-hydrogen) atoms. The van der Waals surface area contributed by atoms with Crippen LogP contribution in [-0.2, 0) is 14.3 Å². The van der Waals surface area contributed by atoms with Crippen LogP contribution in [-0.4, -0.2) is 42.4 Å². The molecule has 0 atom stereocenters. The first-order valence-electron chi connectivity index (χ1n) is 8.00. The van der Waals surface area contributed by atoms with Gasteiger partial charge in [-0.3, -0.25) is 4.79 Å². The van der Waals surface area contributed by atoms with E-state index in [-0.39, 0.29) is 32.1 Å². The maximum atomic E-state index is 12.5. The van der Waals surface area contributed by atoms with E-state index in [4.69, 9.17) is 14.7 Å². The van der Waals surface area contributed by atoms with Crippen molar-refractivity contribution in [3.63, 3.8) is 0 Å². The van der Waals surface area contributed by atoms with Crippen LogP contribution in [0.1, 0.15) is 25.8 Å². The maximum Gasteiger partial charge on any atom is 0.344 e. The Morgan fingerprint density at radius 3 is 2.92 bits per heavy atom. The molecular formula is C18H18BrN3O4. The molecule has 1 heterocycles. The molecule has 2 rings (SSSR count). The summed E-state index contributed by atoms with van der Waals surface area (Å²) >= 11 is 3.39. The van der Waals surface area contributed by atoms with Crippen molar-refractivity contribution in [3.8, 4) is 11.8 Å². The van der Waals surface area contributed by atoms with Crippen molar-refractivity contribution in [1.29, 1.82) is 5.26 Å². The molecule has 0 aliphatic carbocycles. The Labute approximate surface area is 160 Å². The van der Waals surface area contributed by atoms with Crippen LogP contribution in [0.15, 0.2) is 33.3 Å². The zero-order valence-corrected chi connectivity index (χ0v) is 16.1. The van der Waals surface area contributed by atoms with Gasteiger partial charge in [-0.2, -0.15) is 10.4 Å². The number of ether oxygens (including phenoxy) is 2. The monoisotopic (exact) mass is 419 g/mol. The van der Waals surface area contributed by atoms with Crippen LogP contribution < -0.4 is 4.74 Å². The van der Waals surface area contributed by atoms with Crippen molar-refractivity contribution < 1.29 is 19.1 Å². The Morgan fingerprint density at radius 1 is 1.46 bits per heavy atom. The van der Waals surface area contributed by atoms with Crippen LogP contribution in [0.4, 0.5) is 0 Å². The predicted molar refractivity (Wildman–Crippen MR) is 99.3 cm³/mol. The molecule has 1 aromatic carbocycles. The third-order valence-electron chi connectivity index (χ3n) is 3.48. The molecule has 8 heteroatoms. The van der Waals surface area contributed by atoms with Gasteiger partial charge in [-0.1, -0.05) is 15.9 Å². The third-order valence-corrected chi connectivity index (χ3v) is 3.98. The number of halogens is 1. The molecule has 0 N–H and O–H groups in total. The first-order chi connectivity index (χ1) is 12.5. The second kappa shape index (κ2) is 9.15. The van der Waals surface area contributed by atoms with E-state index in [0.717, 1.165) is 4.47 Å². The molecule has 0 fully saturated rings. The van der Waals surface area contributed by atoms with Crippen LogP contribution in [0.5, 0.6) is 5.75 Å². The van der Waals surface area contributed by atoms with Crippen LogP contribution >= 0.6 is 15.9 Å². The molecule has 0 aromatic heterocycles. The number of esters is 1. The van der Waals surface area contributed by atoms with Crippen molar-refractivity contribution in [2.24, 2.45) is 5.10 Å². The molecule has 1 amide bonds. The van der Waals surface area contributed by atoms with Crippen molar-refractivity contribution in [3.05, 3.63) is 33.8 Å². The smallest absolute Gasteiger partial charge is 0.344 e. The number of nitrogens with zero attached hydrogens (tertiary/aromatic N) is 3. The number of carbonyl (C=O) groups excluding carboxylic acids is 2. The molecule has 1 aromatic rings. The van der Waals surface area contributed by atoms with E-state index in [1.807, 2.05) is 6.07 Å². The van der Waals surface area contributed by atoms with Gasteiger partial charge in [-0.05, 0) is 38.1 Å². The molecule has 0 unspecified atom stereocenters. The van der Waals surface area contributed by atoms with Gasteiger partial charge in [-0.25, -0.2) is 9.80 Å². The van der Waals surface area contributed by atoms with E-state index in [9.17, 15) is 9.59 Å². The fourth-order valence-electron chi connectivity index (χ4n) is 2.31. The highest BCUT2D eigenvalue weighted by Crippen LogP contribution is 2.28. The lowest BCUT2D eigenvalue weighted by atomic mass is 10.1. The van der Waals surface area contributed by atoms with Crippen molar-refractivity contribution in [2.45, 2.75) is 20.3 Å². The van der Waals surface area contributed by atoms with E-state index >= 15 is 0 Å². The van der Waals surface area contributed by atoms with Gasteiger partial charge >= 0.3 is 5.97 Å². The van der Waals surface area contributed by atoms with Gasteiger partial charge in [0.1, 0.15) is 5.75 Å². The molecule has 0 saturated carbocycles. The number of amides is 1. The van der Waals surface area contributed by atoms with Gasteiger partial charge in [0.2, 0.25) is 0 Å². The molecule has 136 valence electrons. The summed E-state index contributed by atoms with van der Waals surface area (Å²) in [6.45, 7) is 3.75. The molecule has 0 spiro atoms. The predicted octanol–water partition coefficient (Wildman–Crippen LogP) is 2.91. The minimum atomic E-state index is -0.466. The first kappa shape index (κ1) is 19.7. The Hall–Kier alpha value is -2.66. The van der Waals surface area contributed by atoms with E-state index in [2.05, 4.69) is 21.0 Å². The summed E-state index contributed by atoms with van der Waals surface area (Å²) in [5, 5.41) is 14.1. The van der Waals surface area contributed by atoms with E-state index < -0.39 is 5.97 Å². The summed E-state index contributed by atoms with van der Waals surface area (Å²) in [5.74, 6) is -0.287. The zero-order valence-electron chi connectivity index (χ0n) is 14.5. The van der Waals surface area contributed by atoms with E-state index in [1.165, 1.54) is 5.01 Å². The average molecular weight is 420 g/mol. The Bertz CT molecular complexity index is 811. The van der Waals surface area contributed by atoms with Gasteiger partial charge < -0.3 is 9.47 Å². The molecule has 1 aliphatic rings. The highest BCUT2D eigenvalue weighted by molar-refractivity contribution is 9.10. The van der Waals surface area contributed by atoms with Gasteiger partial charge in [0.05, 0.1) is 36.9 Å². The first-order valence-corrected chi connectivity index (χ1v) is 8.79. The topological polar surface area (TPSA) is 92.0 Å². The van der Waals surface area contributed by atoms with Crippen LogP contribution in [0.3, 0.4) is 0 Å². The minimum absolute atomic E-state index is 0.209. The number of rotatable bonds is 7. The van der Waals surface area contributed by atoms with Crippen LogP contribution in [0.25, 0.3) is 6.08 Å². The molecular weight excluding hydrogens is 402 g/mol. The Morgan fingerprint density at radius 2 is 2.23 bits per heavy atom. The maximum absolute atomic E-state index is 12.5. The average Bonchev–Trinajstić information content (AvgIpc) is 2.87. The van der Waals surface area contributed by atoms with Gasteiger partial charge in [0.15, 0.2) is 6.61 Å². The second-order valence-electron chi connectivity index (χ2n) is 5.36. The van der Waals surface area contributed by atoms with Crippen LogP contribution in [0.2, 0.25) is 0 Å². The number of hydrogen-bond acceptors (Lipinski definition) is 6. The van der Waals surface area contributed by atoms with Gasteiger partial charge in [0, 0.05) is 10.0 Å². The quantitative estimate of drug-likeness (QED) is 0.500. The summed E-state index contributed by atoms with van der Waals surface area (Å²) in [5.41, 5.74) is 1.61. The highest BCUT2D eigenvalue weighted by Gasteiger charge is 2.27. The lowest BCUT2D eigenvalue weighted by Gasteiger charge is -2.11. The normalized spacial score (nSPS) is 15.0. The molecule has 7 nitrogen and oxygen atoms in total. The molecule has 1 aliphatic heterocycles. The highest BCUT2D eigenvalue weighted by atomic mass is 79.9. The largest absolute Gasteiger partial charge is 0.481 e. The summed E-state index contributed by atoms with van der Waals surface area (Å²) in [7, 11) is 0. The van der Waals surface area contributed by atoms with Crippen molar-refractivity contribution in [1.82, 2.24) is 5.01 Å². The Kier molecular flexibility index (Phi) is 6.92. The number of benzene rings is 1. The van der Waals surface area contributed by atoms with Crippen molar-refractivity contribution >= 4 is 39.6 Å². The fourth-order valence-corrected chi connectivity index (χ4v) is 2.68. The van der Waals surface area contributed by atoms with Crippen LogP contribution in [0, 0.1) is 11.3 Å². The van der Waals surface area contributed by atoms with E-state index in [0.29, 0.717) is 22.6 Å². The molecule has 0 bridgehead atoms. The second-order valence-corrected chi connectivity index (χ2v) is 6.27. The molecule has 0 radical (unpaired) electrons. The summed E-state index contributed by atoms with van der Waals surface area (Å²) in [6.07, 6.45) is 1.87. The Balaban J connectivity index is 2.25. The number of nitriles is 1. The minimum Gasteiger partial charge on any atom is -0.481 e. The SMILES string of the molecule is CCOC(=O)COc1ccc(Br)cc1C=C1C(=O)N(CCC#N)N=C1C. The fraction of sp³-hybridized carbons (Fsp3) is 0.333.